The predicted octanol–water partition coefficient (Wildman–Crippen LogP) is 2.70. The molecule has 2 heterocycles. The molecule has 162 valence electrons. The zero-order valence-corrected chi connectivity index (χ0v) is 17.7. The monoisotopic (exact) mass is 414 g/mol. The van der Waals surface area contributed by atoms with Gasteiger partial charge in [-0.15, -0.1) is 0 Å². The molecule has 1 N–H and O–H groups in total. The number of fused-ring (bicyclic) bond motifs is 2. The van der Waals surface area contributed by atoms with Crippen molar-refractivity contribution in [2.24, 2.45) is 28.6 Å². The second-order valence-corrected chi connectivity index (χ2v) is 10.7. The number of rotatable bonds is 2. The SMILES string of the molecule is CO[C@@]12C[C@]3(C)[C@@H](C4=CC(=O)OC4)CC[C@]3(O)[C@@H]3CCC4=CC(=O)CC[C@]4(CO1)[C@H]32. The van der Waals surface area contributed by atoms with Crippen LogP contribution in [0.3, 0.4) is 0 Å². The minimum Gasteiger partial charge on any atom is -0.458 e. The van der Waals surface area contributed by atoms with Crippen molar-refractivity contribution in [2.75, 3.05) is 20.3 Å². The van der Waals surface area contributed by atoms with Crippen LogP contribution in [-0.4, -0.2) is 48.6 Å². The summed E-state index contributed by atoms with van der Waals surface area (Å²) in [6, 6.07) is 0. The molecule has 0 aromatic rings. The normalized spacial score (nSPS) is 51.6. The van der Waals surface area contributed by atoms with Gasteiger partial charge < -0.3 is 19.3 Å². The third-order valence-corrected chi connectivity index (χ3v) is 9.84. The molecule has 1 spiro atoms. The van der Waals surface area contributed by atoms with Gasteiger partial charge in [-0.05, 0) is 55.6 Å². The van der Waals surface area contributed by atoms with E-state index in [0.717, 1.165) is 31.3 Å². The summed E-state index contributed by atoms with van der Waals surface area (Å²) in [6.45, 7) is 3.04. The first-order chi connectivity index (χ1) is 14.3. The summed E-state index contributed by atoms with van der Waals surface area (Å²) in [6.07, 6.45) is 8.63. The highest BCUT2D eigenvalue weighted by Gasteiger charge is 2.77. The van der Waals surface area contributed by atoms with E-state index >= 15 is 0 Å². The van der Waals surface area contributed by atoms with E-state index in [1.54, 1.807) is 13.2 Å². The van der Waals surface area contributed by atoms with Crippen molar-refractivity contribution in [3.63, 3.8) is 0 Å². The second-order valence-electron chi connectivity index (χ2n) is 10.7. The van der Waals surface area contributed by atoms with Crippen LogP contribution in [0, 0.1) is 28.6 Å². The van der Waals surface area contributed by atoms with Gasteiger partial charge in [0.15, 0.2) is 11.6 Å². The van der Waals surface area contributed by atoms with E-state index in [2.05, 4.69) is 6.92 Å². The number of carbonyl (C=O) groups is 2. The van der Waals surface area contributed by atoms with Crippen LogP contribution < -0.4 is 0 Å². The van der Waals surface area contributed by atoms with Gasteiger partial charge >= 0.3 is 5.97 Å². The average Bonchev–Trinajstić information content (AvgIpc) is 3.36. The lowest BCUT2D eigenvalue weighted by molar-refractivity contribution is -0.309. The van der Waals surface area contributed by atoms with Gasteiger partial charge in [-0.3, -0.25) is 4.79 Å². The molecule has 6 heteroatoms. The van der Waals surface area contributed by atoms with Crippen molar-refractivity contribution in [1.29, 1.82) is 0 Å². The molecule has 0 aromatic heterocycles. The molecular weight excluding hydrogens is 384 g/mol. The zero-order valence-electron chi connectivity index (χ0n) is 17.7. The summed E-state index contributed by atoms with van der Waals surface area (Å²) in [5.74, 6) is -0.662. The van der Waals surface area contributed by atoms with E-state index in [4.69, 9.17) is 14.2 Å². The molecule has 2 aliphatic heterocycles. The number of methoxy groups -OCH3 is 1. The fraction of sp³-hybridized carbons (Fsp3) is 0.750. The first-order valence-electron chi connectivity index (χ1n) is 11.3. The van der Waals surface area contributed by atoms with Crippen molar-refractivity contribution in [3.8, 4) is 0 Å². The number of cyclic esters (lactones) is 1. The van der Waals surface area contributed by atoms with Crippen molar-refractivity contribution in [3.05, 3.63) is 23.3 Å². The van der Waals surface area contributed by atoms with Crippen molar-refractivity contribution < 1.29 is 28.9 Å². The van der Waals surface area contributed by atoms with Crippen molar-refractivity contribution >= 4 is 11.8 Å². The summed E-state index contributed by atoms with van der Waals surface area (Å²) in [5.41, 5.74) is 0.702. The molecule has 30 heavy (non-hydrogen) atoms. The molecule has 1 saturated heterocycles. The summed E-state index contributed by atoms with van der Waals surface area (Å²) < 4.78 is 18.0. The molecule has 6 nitrogen and oxygen atoms in total. The largest absolute Gasteiger partial charge is 0.458 e. The minimum absolute atomic E-state index is 0.0488. The van der Waals surface area contributed by atoms with Gasteiger partial charge in [-0.25, -0.2) is 4.79 Å². The number of aliphatic hydroxyl groups is 1. The highest BCUT2D eigenvalue weighted by molar-refractivity contribution is 5.91. The summed E-state index contributed by atoms with van der Waals surface area (Å²) in [5, 5.41) is 12.3. The Bertz CT molecular complexity index is 905. The Morgan fingerprint density at radius 2 is 2.00 bits per heavy atom. The second kappa shape index (κ2) is 5.84. The minimum atomic E-state index is -0.843. The topological polar surface area (TPSA) is 82.1 Å². The van der Waals surface area contributed by atoms with Crippen molar-refractivity contribution in [1.82, 2.24) is 0 Å². The molecule has 3 saturated carbocycles. The quantitative estimate of drug-likeness (QED) is 0.700. The molecule has 6 rings (SSSR count). The first-order valence-corrected chi connectivity index (χ1v) is 11.3. The van der Waals surface area contributed by atoms with E-state index in [9.17, 15) is 14.7 Å². The highest BCUT2D eigenvalue weighted by Crippen LogP contribution is 2.74. The van der Waals surface area contributed by atoms with Crippen LogP contribution in [0.4, 0.5) is 0 Å². The first kappa shape index (κ1) is 19.2. The van der Waals surface area contributed by atoms with E-state index in [1.165, 1.54) is 5.57 Å². The van der Waals surface area contributed by atoms with Crippen LogP contribution in [0.25, 0.3) is 0 Å². The molecular formula is C24H30O6. The molecule has 4 fully saturated rings. The highest BCUT2D eigenvalue weighted by atomic mass is 16.7. The van der Waals surface area contributed by atoms with E-state index in [0.29, 0.717) is 32.5 Å². The number of hydrogen-bond acceptors (Lipinski definition) is 6. The standard InChI is InChI=1S/C24H30O6/c1-21-12-24(28-2)20-18(4-3-15-10-16(25)5-7-22(15,20)13-30-24)23(21,27)8-6-17(21)14-9-19(26)29-11-14/h9-10,17-18,20,27H,3-8,11-13H2,1-2H3/t17-,18-,20+,21-,22-,23+,24+/m1/s1. The van der Waals surface area contributed by atoms with Crippen LogP contribution in [-0.2, 0) is 23.8 Å². The molecule has 7 atom stereocenters. The van der Waals surface area contributed by atoms with Crippen LogP contribution in [0.2, 0.25) is 0 Å². The Kier molecular flexibility index (Phi) is 3.74. The van der Waals surface area contributed by atoms with Gasteiger partial charge in [0.05, 0.1) is 12.2 Å². The Morgan fingerprint density at radius 1 is 1.17 bits per heavy atom. The molecule has 0 bridgehead atoms. The van der Waals surface area contributed by atoms with E-state index in [-0.39, 0.29) is 34.9 Å². The molecule has 0 unspecified atom stereocenters. The van der Waals surface area contributed by atoms with Crippen LogP contribution in [0.5, 0.6) is 0 Å². The summed E-state index contributed by atoms with van der Waals surface area (Å²) in [4.78, 5) is 23.9. The summed E-state index contributed by atoms with van der Waals surface area (Å²) in [7, 11) is 1.72. The third kappa shape index (κ3) is 2.06. The van der Waals surface area contributed by atoms with Gasteiger partial charge in [0.1, 0.15) is 6.61 Å². The predicted molar refractivity (Wildman–Crippen MR) is 106 cm³/mol. The number of ketones is 1. The van der Waals surface area contributed by atoms with Gasteiger partial charge in [-0.2, -0.15) is 0 Å². The lowest BCUT2D eigenvalue weighted by atomic mass is 9.44. The van der Waals surface area contributed by atoms with Gasteiger partial charge in [0.25, 0.3) is 0 Å². The fourth-order valence-corrected chi connectivity index (χ4v) is 8.56. The molecule has 0 aromatic carbocycles. The van der Waals surface area contributed by atoms with E-state index < -0.39 is 16.8 Å². The molecule has 4 aliphatic carbocycles. The Labute approximate surface area is 176 Å². The molecule has 0 radical (unpaired) electrons. The smallest absolute Gasteiger partial charge is 0.331 e. The maximum atomic E-state index is 12.3. The average molecular weight is 414 g/mol. The van der Waals surface area contributed by atoms with Crippen molar-refractivity contribution in [2.45, 2.75) is 63.3 Å². The molecule has 0 amide bonds. The number of esters is 1. The lowest BCUT2D eigenvalue weighted by Crippen LogP contribution is -2.68. The number of carbonyl (C=O) groups excluding carboxylic acids is 2. The summed E-state index contributed by atoms with van der Waals surface area (Å²) >= 11 is 0. The van der Waals surface area contributed by atoms with E-state index in [1.807, 2.05) is 6.08 Å². The molecule has 6 aliphatic rings. The van der Waals surface area contributed by atoms with Gasteiger partial charge in [0.2, 0.25) is 0 Å². The Balaban J connectivity index is 1.48. The maximum Gasteiger partial charge on any atom is 0.331 e. The van der Waals surface area contributed by atoms with Crippen LogP contribution in [0.1, 0.15) is 51.9 Å². The number of hydrogen-bond donors (Lipinski definition) is 1. The van der Waals surface area contributed by atoms with Gasteiger partial charge in [-0.1, -0.05) is 12.5 Å². The lowest BCUT2D eigenvalue weighted by Gasteiger charge is -2.63. The fourth-order valence-electron chi connectivity index (χ4n) is 8.56. The Hall–Kier alpha value is -1.50. The number of ether oxygens (including phenoxy) is 3. The zero-order chi connectivity index (χ0) is 20.9. The maximum absolute atomic E-state index is 12.3. The van der Waals surface area contributed by atoms with Crippen LogP contribution in [0.15, 0.2) is 23.3 Å². The van der Waals surface area contributed by atoms with Crippen LogP contribution >= 0.6 is 0 Å². The van der Waals surface area contributed by atoms with Gasteiger partial charge in [0, 0.05) is 42.8 Å². The third-order valence-electron chi connectivity index (χ3n) is 9.84. The Morgan fingerprint density at radius 3 is 2.73 bits per heavy atom.